The maximum Gasteiger partial charge on any atom is 0.406 e. The Kier molecular flexibility index (Phi) is 6.05. The average Bonchev–Trinajstić information content (AvgIpc) is 3.01. The van der Waals surface area contributed by atoms with Gasteiger partial charge >= 0.3 is 6.18 Å². The zero-order valence-corrected chi connectivity index (χ0v) is 16.5. The minimum atomic E-state index is -4.40. The van der Waals surface area contributed by atoms with Crippen molar-refractivity contribution in [3.63, 3.8) is 0 Å². The third-order valence-corrected chi connectivity index (χ3v) is 5.10. The Bertz CT molecular complexity index is 918. The lowest BCUT2D eigenvalue weighted by molar-refractivity contribution is -0.141. The molecule has 142 valence electrons. The van der Waals surface area contributed by atoms with Crippen molar-refractivity contribution in [3.05, 3.63) is 52.8 Å². The minimum Gasteiger partial charge on any atom is -0.496 e. The summed E-state index contributed by atoms with van der Waals surface area (Å²) in [5.74, 6) is 1.19. The Morgan fingerprint density at radius 2 is 1.89 bits per heavy atom. The molecule has 0 aliphatic carbocycles. The van der Waals surface area contributed by atoms with Gasteiger partial charge < -0.3 is 4.74 Å². The van der Waals surface area contributed by atoms with Crippen LogP contribution in [0.25, 0.3) is 11.4 Å². The molecule has 0 N–H and O–H groups in total. The first-order chi connectivity index (χ1) is 12.9. The summed E-state index contributed by atoms with van der Waals surface area (Å²) in [5.41, 5.74) is 1.36. The van der Waals surface area contributed by atoms with Gasteiger partial charge in [-0.1, -0.05) is 27.7 Å². The monoisotopic (exact) mass is 458 g/mol. The summed E-state index contributed by atoms with van der Waals surface area (Å²) in [6.07, 6.45) is -1.39. The van der Waals surface area contributed by atoms with E-state index in [1.54, 1.807) is 25.3 Å². The lowest BCUT2D eigenvalue weighted by atomic mass is 10.2. The lowest BCUT2D eigenvalue weighted by Gasteiger charge is -2.13. The molecule has 0 saturated heterocycles. The molecule has 10 heteroatoms. The molecule has 0 unspecified atom stereocenters. The largest absolute Gasteiger partial charge is 0.496 e. The third-order valence-electron chi connectivity index (χ3n) is 3.59. The molecule has 3 aromatic rings. The number of benzene rings is 1. The highest BCUT2D eigenvalue weighted by Crippen LogP contribution is 2.32. The SMILES string of the molecule is COc1ccc(Br)cc1CSc1nnc(-c2ccncc2)n1CC(F)(F)F. The Morgan fingerprint density at radius 1 is 1.15 bits per heavy atom. The number of hydrogen-bond donors (Lipinski definition) is 0. The van der Waals surface area contributed by atoms with Gasteiger partial charge in [0, 0.05) is 33.7 Å². The Hall–Kier alpha value is -2.07. The minimum absolute atomic E-state index is 0.151. The van der Waals surface area contributed by atoms with Gasteiger partial charge in [0.25, 0.3) is 0 Å². The number of methoxy groups -OCH3 is 1. The molecular formula is C17H14BrF3N4OS. The van der Waals surface area contributed by atoms with Crippen molar-refractivity contribution in [2.24, 2.45) is 0 Å². The number of thioether (sulfide) groups is 1. The van der Waals surface area contributed by atoms with E-state index in [1.807, 2.05) is 12.1 Å². The van der Waals surface area contributed by atoms with Crippen molar-refractivity contribution in [1.82, 2.24) is 19.7 Å². The first-order valence-electron chi connectivity index (χ1n) is 7.73. The number of nitrogens with zero attached hydrogens (tertiary/aromatic N) is 4. The summed E-state index contributed by atoms with van der Waals surface area (Å²) in [6, 6.07) is 8.69. The fourth-order valence-corrected chi connectivity index (χ4v) is 3.76. The first-order valence-corrected chi connectivity index (χ1v) is 9.51. The number of hydrogen-bond acceptors (Lipinski definition) is 5. The van der Waals surface area contributed by atoms with Crippen LogP contribution in [0.4, 0.5) is 13.2 Å². The molecular weight excluding hydrogens is 445 g/mol. The summed E-state index contributed by atoms with van der Waals surface area (Å²) in [4.78, 5) is 3.88. The zero-order chi connectivity index (χ0) is 19.4. The van der Waals surface area contributed by atoms with E-state index in [0.717, 1.165) is 14.6 Å². The third kappa shape index (κ3) is 5.01. The normalized spacial score (nSPS) is 11.6. The van der Waals surface area contributed by atoms with Gasteiger partial charge in [-0.25, -0.2) is 0 Å². The predicted octanol–water partition coefficient (Wildman–Crippen LogP) is 4.97. The second-order valence-corrected chi connectivity index (χ2v) is 7.35. The van der Waals surface area contributed by atoms with Gasteiger partial charge in [0.15, 0.2) is 11.0 Å². The van der Waals surface area contributed by atoms with E-state index in [4.69, 9.17) is 4.74 Å². The molecule has 0 atom stereocenters. The molecule has 3 rings (SSSR count). The molecule has 2 heterocycles. The summed E-state index contributed by atoms with van der Waals surface area (Å²) in [7, 11) is 1.55. The van der Waals surface area contributed by atoms with E-state index in [9.17, 15) is 13.2 Å². The van der Waals surface area contributed by atoms with Crippen LogP contribution in [-0.4, -0.2) is 33.0 Å². The maximum absolute atomic E-state index is 13.1. The Labute approximate surface area is 166 Å². The highest BCUT2D eigenvalue weighted by atomic mass is 79.9. The van der Waals surface area contributed by atoms with Crippen LogP contribution >= 0.6 is 27.7 Å². The van der Waals surface area contributed by atoms with Crippen molar-refractivity contribution in [1.29, 1.82) is 0 Å². The summed E-state index contributed by atoms with van der Waals surface area (Å²) < 4.78 is 46.6. The smallest absolute Gasteiger partial charge is 0.406 e. The molecule has 0 radical (unpaired) electrons. The predicted molar refractivity (Wildman–Crippen MR) is 99.6 cm³/mol. The quantitative estimate of drug-likeness (QED) is 0.488. The van der Waals surface area contributed by atoms with E-state index >= 15 is 0 Å². The van der Waals surface area contributed by atoms with Crippen LogP contribution < -0.4 is 4.74 Å². The fraction of sp³-hybridized carbons (Fsp3) is 0.235. The van der Waals surface area contributed by atoms with E-state index in [1.165, 1.54) is 24.2 Å². The number of alkyl halides is 3. The standard InChI is InChI=1S/C17H14BrF3N4OS/c1-26-14-3-2-13(18)8-12(14)9-27-16-24-23-15(11-4-6-22-7-5-11)25(16)10-17(19,20)21/h2-8H,9-10H2,1H3. The topological polar surface area (TPSA) is 52.8 Å². The van der Waals surface area contributed by atoms with Crippen LogP contribution in [0.15, 0.2) is 52.4 Å². The average molecular weight is 459 g/mol. The molecule has 0 amide bonds. The highest BCUT2D eigenvalue weighted by molar-refractivity contribution is 9.10. The molecule has 0 bridgehead atoms. The van der Waals surface area contributed by atoms with E-state index in [-0.39, 0.29) is 11.0 Å². The Balaban J connectivity index is 1.91. The number of halogens is 4. The number of pyridine rings is 1. The van der Waals surface area contributed by atoms with Crippen molar-refractivity contribution >= 4 is 27.7 Å². The molecule has 0 fully saturated rings. The molecule has 1 aromatic carbocycles. The van der Waals surface area contributed by atoms with Gasteiger partial charge in [-0.2, -0.15) is 13.2 Å². The van der Waals surface area contributed by atoms with E-state index in [2.05, 4.69) is 31.1 Å². The number of aromatic nitrogens is 4. The van der Waals surface area contributed by atoms with Crippen LogP contribution in [0.2, 0.25) is 0 Å². The van der Waals surface area contributed by atoms with Gasteiger partial charge in [-0.3, -0.25) is 9.55 Å². The van der Waals surface area contributed by atoms with Crippen LogP contribution in [0.5, 0.6) is 5.75 Å². The van der Waals surface area contributed by atoms with Crippen molar-refractivity contribution < 1.29 is 17.9 Å². The second-order valence-electron chi connectivity index (χ2n) is 5.49. The molecule has 0 aliphatic rings. The van der Waals surface area contributed by atoms with Crippen LogP contribution in [0, 0.1) is 0 Å². The first kappa shape index (κ1) is 19.7. The Morgan fingerprint density at radius 3 is 2.56 bits per heavy atom. The van der Waals surface area contributed by atoms with E-state index in [0.29, 0.717) is 17.1 Å². The van der Waals surface area contributed by atoms with E-state index < -0.39 is 12.7 Å². The summed E-state index contributed by atoms with van der Waals surface area (Å²) in [5, 5.41) is 8.12. The van der Waals surface area contributed by atoms with Crippen molar-refractivity contribution in [2.45, 2.75) is 23.6 Å². The van der Waals surface area contributed by atoms with Gasteiger partial charge in [0.05, 0.1) is 7.11 Å². The number of rotatable bonds is 6. The second kappa shape index (κ2) is 8.30. The molecule has 0 saturated carbocycles. The summed E-state index contributed by atoms with van der Waals surface area (Å²) >= 11 is 4.56. The molecule has 0 aliphatic heterocycles. The molecule has 0 spiro atoms. The van der Waals surface area contributed by atoms with Crippen LogP contribution in [-0.2, 0) is 12.3 Å². The fourth-order valence-electron chi connectivity index (χ4n) is 2.43. The van der Waals surface area contributed by atoms with Gasteiger partial charge in [-0.05, 0) is 30.3 Å². The summed E-state index contributed by atoms with van der Waals surface area (Å²) in [6.45, 7) is -1.17. The van der Waals surface area contributed by atoms with Crippen molar-refractivity contribution in [2.75, 3.05) is 7.11 Å². The van der Waals surface area contributed by atoms with Crippen LogP contribution in [0.3, 0.4) is 0 Å². The van der Waals surface area contributed by atoms with Gasteiger partial charge in [0.2, 0.25) is 0 Å². The van der Waals surface area contributed by atoms with Crippen LogP contribution in [0.1, 0.15) is 5.56 Å². The van der Waals surface area contributed by atoms with Gasteiger partial charge in [0.1, 0.15) is 12.3 Å². The maximum atomic E-state index is 13.1. The lowest BCUT2D eigenvalue weighted by Crippen LogP contribution is -2.19. The molecule has 2 aromatic heterocycles. The molecule has 5 nitrogen and oxygen atoms in total. The molecule has 27 heavy (non-hydrogen) atoms. The van der Waals surface area contributed by atoms with Gasteiger partial charge in [-0.15, -0.1) is 10.2 Å². The van der Waals surface area contributed by atoms with Crippen molar-refractivity contribution in [3.8, 4) is 17.1 Å². The number of ether oxygens (including phenoxy) is 1. The zero-order valence-electron chi connectivity index (χ0n) is 14.1. The highest BCUT2D eigenvalue weighted by Gasteiger charge is 2.31.